The summed E-state index contributed by atoms with van der Waals surface area (Å²) in [5.74, 6) is 0.155. The van der Waals surface area contributed by atoms with E-state index in [1.54, 1.807) is 18.3 Å². The predicted octanol–water partition coefficient (Wildman–Crippen LogP) is 1.88. The fourth-order valence-electron chi connectivity index (χ4n) is 3.88. The largest absolute Gasteiger partial charge is 0.459 e. The van der Waals surface area contributed by atoms with Crippen molar-refractivity contribution in [3.8, 4) is 0 Å². The van der Waals surface area contributed by atoms with Crippen LogP contribution in [0.25, 0.3) is 0 Å². The first kappa shape index (κ1) is 15.8. The van der Waals surface area contributed by atoms with E-state index in [0.717, 1.165) is 25.7 Å². The van der Waals surface area contributed by atoms with Gasteiger partial charge in [0.15, 0.2) is 5.76 Å². The fourth-order valence-corrected chi connectivity index (χ4v) is 3.88. The molecule has 2 amide bonds. The Bertz CT molecular complexity index is 752. The summed E-state index contributed by atoms with van der Waals surface area (Å²) in [6.45, 7) is 1.38. The molecular weight excluding hydrogens is 320 g/mol. The maximum Gasteiger partial charge on any atom is 0.289 e. The van der Waals surface area contributed by atoms with E-state index >= 15 is 0 Å². The highest BCUT2D eigenvalue weighted by atomic mass is 16.3. The third-order valence-corrected chi connectivity index (χ3v) is 5.55. The standard InChI is InChI=1S/C18H20N4O3/c23-16(13-12-19-7-8-20-13)21-15-3-4-18(15)5-9-22(10-6-18)17(24)14-2-1-11-25-14/h1-2,7-8,11-12,15H,3-6,9-10H2,(H,21,23). The molecule has 0 radical (unpaired) electrons. The summed E-state index contributed by atoms with van der Waals surface area (Å²) in [6, 6.07) is 3.56. The number of hydrogen-bond donors (Lipinski definition) is 1. The molecule has 2 aromatic heterocycles. The van der Waals surface area contributed by atoms with Crippen LogP contribution in [0, 0.1) is 5.41 Å². The van der Waals surface area contributed by atoms with Crippen molar-refractivity contribution in [2.24, 2.45) is 5.41 Å². The van der Waals surface area contributed by atoms with Gasteiger partial charge in [-0.1, -0.05) is 0 Å². The molecule has 1 saturated carbocycles. The Morgan fingerprint density at radius 1 is 1.24 bits per heavy atom. The molecule has 1 aliphatic carbocycles. The number of carbonyl (C=O) groups is 2. The van der Waals surface area contributed by atoms with Crippen molar-refractivity contribution >= 4 is 11.8 Å². The highest BCUT2D eigenvalue weighted by Gasteiger charge is 2.49. The molecule has 1 aliphatic heterocycles. The number of nitrogens with zero attached hydrogens (tertiary/aromatic N) is 3. The van der Waals surface area contributed by atoms with Gasteiger partial charge in [-0.15, -0.1) is 0 Å². The van der Waals surface area contributed by atoms with Crippen LogP contribution < -0.4 is 5.32 Å². The third kappa shape index (κ3) is 2.90. The molecule has 7 heteroatoms. The number of nitrogens with one attached hydrogen (secondary N) is 1. The van der Waals surface area contributed by atoms with Gasteiger partial charge in [0.25, 0.3) is 11.8 Å². The highest BCUT2D eigenvalue weighted by Crippen LogP contribution is 2.49. The molecule has 130 valence electrons. The molecule has 7 nitrogen and oxygen atoms in total. The minimum absolute atomic E-state index is 0.0562. The van der Waals surface area contributed by atoms with Crippen molar-refractivity contribution in [2.45, 2.75) is 31.7 Å². The SMILES string of the molecule is O=C(NC1CCC12CCN(C(=O)c1ccco1)CC2)c1cnccn1. The number of aromatic nitrogens is 2. The molecule has 3 heterocycles. The topological polar surface area (TPSA) is 88.3 Å². The zero-order chi connectivity index (χ0) is 17.3. The molecule has 4 rings (SSSR count). The Labute approximate surface area is 145 Å². The quantitative estimate of drug-likeness (QED) is 0.922. The molecule has 2 aromatic rings. The lowest BCUT2D eigenvalue weighted by Crippen LogP contribution is -2.59. The van der Waals surface area contributed by atoms with Gasteiger partial charge in [-0.3, -0.25) is 14.6 Å². The number of amides is 2. The van der Waals surface area contributed by atoms with Crippen LogP contribution in [0.3, 0.4) is 0 Å². The molecule has 1 saturated heterocycles. The van der Waals surface area contributed by atoms with Crippen LogP contribution in [0.5, 0.6) is 0 Å². The van der Waals surface area contributed by atoms with E-state index in [0.29, 0.717) is 24.5 Å². The Morgan fingerprint density at radius 3 is 2.68 bits per heavy atom. The van der Waals surface area contributed by atoms with Crippen molar-refractivity contribution < 1.29 is 14.0 Å². The highest BCUT2D eigenvalue weighted by molar-refractivity contribution is 5.92. The number of rotatable bonds is 3. The Kier molecular flexibility index (Phi) is 3.99. The van der Waals surface area contributed by atoms with Crippen LogP contribution in [0.2, 0.25) is 0 Å². The maximum absolute atomic E-state index is 12.4. The van der Waals surface area contributed by atoms with Gasteiger partial charge in [-0.2, -0.15) is 0 Å². The molecule has 1 spiro atoms. The number of piperidine rings is 1. The van der Waals surface area contributed by atoms with E-state index in [1.165, 1.54) is 18.7 Å². The summed E-state index contributed by atoms with van der Waals surface area (Å²) in [5, 5.41) is 3.10. The van der Waals surface area contributed by atoms with Gasteiger partial charge in [-0.25, -0.2) is 4.98 Å². The van der Waals surface area contributed by atoms with Crippen molar-refractivity contribution in [1.82, 2.24) is 20.2 Å². The summed E-state index contributed by atoms with van der Waals surface area (Å²) >= 11 is 0. The Hall–Kier alpha value is -2.70. The smallest absolute Gasteiger partial charge is 0.289 e. The zero-order valence-corrected chi connectivity index (χ0v) is 13.9. The first-order valence-electron chi connectivity index (χ1n) is 8.58. The predicted molar refractivity (Wildman–Crippen MR) is 88.8 cm³/mol. The van der Waals surface area contributed by atoms with E-state index in [9.17, 15) is 9.59 Å². The Balaban J connectivity index is 1.36. The van der Waals surface area contributed by atoms with E-state index in [4.69, 9.17) is 4.42 Å². The van der Waals surface area contributed by atoms with Gasteiger partial charge in [0.2, 0.25) is 0 Å². The minimum Gasteiger partial charge on any atom is -0.459 e. The van der Waals surface area contributed by atoms with Gasteiger partial charge < -0.3 is 14.6 Å². The summed E-state index contributed by atoms with van der Waals surface area (Å²) in [6.07, 6.45) is 9.90. The lowest BCUT2D eigenvalue weighted by molar-refractivity contribution is -0.00324. The van der Waals surface area contributed by atoms with Crippen molar-refractivity contribution in [2.75, 3.05) is 13.1 Å². The number of hydrogen-bond acceptors (Lipinski definition) is 5. The second-order valence-corrected chi connectivity index (χ2v) is 6.79. The number of likely N-dealkylation sites (tertiary alicyclic amines) is 1. The van der Waals surface area contributed by atoms with Crippen molar-refractivity contribution in [3.63, 3.8) is 0 Å². The van der Waals surface area contributed by atoms with Crippen LogP contribution in [-0.4, -0.2) is 45.8 Å². The maximum atomic E-state index is 12.4. The zero-order valence-electron chi connectivity index (χ0n) is 13.9. The third-order valence-electron chi connectivity index (χ3n) is 5.55. The normalized spacial score (nSPS) is 21.6. The molecule has 25 heavy (non-hydrogen) atoms. The van der Waals surface area contributed by atoms with Crippen LogP contribution in [0.15, 0.2) is 41.4 Å². The van der Waals surface area contributed by atoms with Crippen LogP contribution in [0.1, 0.15) is 46.7 Å². The summed E-state index contributed by atoms with van der Waals surface area (Å²) in [5.41, 5.74) is 0.438. The molecular formula is C18H20N4O3. The van der Waals surface area contributed by atoms with Gasteiger partial charge >= 0.3 is 0 Å². The second kappa shape index (κ2) is 6.31. The molecule has 2 fully saturated rings. The summed E-state index contributed by atoms with van der Waals surface area (Å²) in [4.78, 5) is 34.5. The lowest BCUT2D eigenvalue weighted by atomic mass is 9.59. The molecule has 1 N–H and O–H groups in total. The monoisotopic (exact) mass is 340 g/mol. The van der Waals surface area contributed by atoms with Gasteiger partial charge in [0.1, 0.15) is 5.69 Å². The molecule has 0 bridgehead atoms. The molecule has 1 unspecified atom stereocenters. The molecule has 1 atom stereocenters. The van der Waals surface area contributed by atoms with Crippen LogP contribution >= 0.6 is 0 Å². The molecule has 2 aliphatic rings. The van der Waals surface area contributed by atoms with Gasteiger partial charge in [0.05, 0.1) is 12.5 Å². The van der Waals surface area contributed by atoms with Crippen molar-refractivity contribution in [1.29, 1.82) is 0 Å². The average molecular weight is 340 g/mol. The van der Waals surface area contributed by atoms with Crippen molar-refractivity contribution in [3.05, 3.63) is 48.4 Å². The first-order valence-corrected chi connectivity index (χ1v) is 8.58. The Morgan fingerprint density at radius 2 is 2.08 bits per heavy atom. The minimum atomic E-state index is -0.175. The lowest BCUT2D eigenvalue weighted by Gasteiger charge is -2.53. The summed E-state index contributed by atoms with van der Waals surface area (Å²) < 4.78 is 5.20. The number of furan rings is 1. The molecule has 0 aromatic carbocycles. The van der Waals surface area contributed by atoms with Gasteiger partial charge in [-0.05, 0) is 43.2 Å². The van der Waals surface area contributed by atoms with E-state index in [1.807, 2.05) is 4.90 Å². The average Bonchev–Trinajstić information content (AvgIpc) is 3.20. The summed E-state index contributed by atoms with van der Waals surface area (Å²) in [7, 11) is 0. The van der Waals surface area contributed by atoms with Crippen LogP contribution in [0.4, 0.5) is 0 Å². The van der Waals surface area contributed by atoms with Gasteiger partial charge in [0, 0.05) is 31.5 Å². The van der Waals surface area contributed by atoms with E-state index in [-0.39, 0.29) is 23.3 Å². The number of carbonyl (C=O) groups excluding carboxylic acids is 2. The van der Waals surface area contributed by atoms with Crippen LogP contribution in [-0.2, 0) is 0 Å². The van der Waals surface area contributed by atoms with E-state index < -0.39 is 0 Å². The second-order valence-electron chi connectivity index (χ2n) is 6.79. The first-order chi connectivity index (χ1) is 12.2. The fraction of sp³-hybridized carbons (Fsp3) is 0.444. The van der Waals surface area contributed by atoms with E-state index in [2.05, 4.69) is 15.3 Å².